The summed E-state index contributed by atoms with van der Waals surface area (Å²) >= 11 is 0. The summed E-state index contributed by atoms with van der Waals surface area (Å²) in [5.74, 6) is 0.715. The molecule has 200 valence electrons. The van der Waals surface area contributed by atoms with Crippen LogP contribution in [0.3, 0.4) is 0 Å². The van der Waals surface area contributed by atoms with E-state index in [2.05, 4.69) is 115 Å². The highest BCUT2D eigenvalue weighted by Gasteiger charge is 2.17. The van der Waals surface area contributed by atoms with Crippen LogP contribution in [0, 0.1) is 0 Å². The molecule has 9 rings (SSSR count). The summed E-state index contributed by atoms with van der Waals surface area (Å²) in [6.45, 7) is 0. The van der Waals surface area contributed by atoms with Crippen molar-refractivity contribution in [3.8, 4) is 33.8 Å². The number of aromatic nitrogens is 2. The minimum absolute atomic E-state index is 0.715. The van der Waals surface area contributed by atoms with Gasteiger partial charge in [0.1, 0.15) is 11.2 Å². The van der Waals surface area contributed by atoms with E-state index >= 15 is 0 Å². The lowest BCUT2D eigenvalue weighted by Crippen LogP contribution is -1.95. The normalized spacial score (nSPS) is 11.7. The average Bonchev–Trinajstić information content (AvgIpc) is 3.48. The van der Waals surface area contributed by atoms with E-state index in [-0.39, 0.29) is 0 Å². The van der Waals surface area contributed by atoms with Crippen LogP contribution >= 0.6 is 0 Å². The molecule has 0 saturated heterocycles. The van der Waals surface area contributed by atoms with Crippen LogP contribution in [0.5, 0.6) is 0 Å². The van der Waals surface area contributed by atoms with E-state index < -0.39 is 0 Å². The number of fused-ring (bicyclic) bond motifs is 9. The summed E-state index contributed by atoms with van der Waals surface area (Å²) in [4.78, 5) is 10.1. The van der Waals surface area contributed by atoms with Gasteiger partial charge in [0.25, 0.3) is 0 Å². The number of hydrogen-bond acceptors (Lipinski definition) is 3. The number of hydrogen-bond donors (Lipinski definition) is 0. The summed E-state index contributed by atoms with van der Waals surface area (Å²) in [6, 6.07) is 50.7. The van der Waals surface area contributed by atoms with Crippen molar-refractivity contribution in [2.24, 2.45) is 0 Å². The Bertz CT molecular complexity index is 2510. The SMILES string of the molecule is c1ccc(-c2nc(-c3cccc(-c4ccc5oc6c7ccccc7c7ccccc7c6c5c4)c3)nc3ccccc23)cc1. The molecule has 0 saturated carbocycles. The van der Waals surface area contributed by atoms with Crippen molar-refractivity contribution in [2.75, 3.05) is 0 Å². The summed E-state index contributed by atoms with van der Waals surface area (Å²) < 4.78 is 6.53. The van der Waals surface area contributed by atoms with Gasteiger partial charge in [0, 0.05) is 32.7 Å². The Morgan fingerprint density at radius 2 is 1.02 bits per heavy atom. The van der Waals surface area contributed by atoms with E-state index in [4.69, 9.17) is 14.4 Å². The Kier molecular flexibility index (Phi) is 5.20. The second-order valence-electron chi connectivity index (χ2n) is 11.0. The second-order valence-corrected chi connectivity index (χ2v) is 11.0. The number of rotatable bonds is 3. The van der Waals surface area contributed by atoms with E-state index in [0.717, 1.165) is 66.2 Å². The average molecular weight is 549 g/mol. The molecule has 0 unspecified atom stereocenters. The summed E-state index contributed by atoms with van der Waals surface area (Å²) in [7, 11) is 0. The number of benzene rings is 7. The van der Waals surface area contributed by atoms with Crippen molar-refractivity contribution in [3.05, 3.63) is 146 Å². The van der Waals surface area contributed by atoms with Gasteiger partial charge < -0.3 is 4.42 Å². The van der Waals surface area contributed by atoms with E-state index in [9.17, 15) is 0 Å². The Morgan fingerprint density at radius 1 is 0.395 bits per heavy atom. The van der Waals surface area contributed by atoms with Crippen molar-refractivity contribution in [1.29, 1.82) is 0 Å². The number of furan rings is 1. The van der Waals surface area contributed by atoms with E-state index in [1.807, 2.05) is 30.3 Å². The Hall–Kier alpha value is -5.80. The van der Waals surface area contributed by atoms with Crippen molar-refractivity contribution < 1.29 is 4.42 Å². The maximum atomic E-state index is 6.53. The van der Waals surface area contributed by atoms with Crippen molar-refractivity contribution in [3.63, 3.8) is 0 Å². The maximum absolute atomic E-state index is 6.53. The molecular weight excluding hydrogens is 524 g/mol. The first kappa shape index (κ1) is 23.9. The van der Waals surface area contributed by atoms with Crippen LogP contribution in [0.25, 0.3) is 88.2 Å². The van der Waals surface area contributed by atoms with Crippen LogP contribution in [0.15, 0.2) is 150 Å². The monoisotopic (exact) mass is 548 g/mol. The topological polar surface area (TPSA) is 38.9 Å². The highest BCUT2D eigenvalue weighted by Crippen LogP contribution is 2.42. The van der Waals surface area contributed by atoms with Gasteiger partial charge in [0.2, 0.25) is 0 Å². The lowest BCUT2D eigenvalue weighted by atomic mass is 9.95. The van der Waals surface area contributed by atoms with Gasteiger partial charge in [-0.25, -0.2) is 9.97 Å². The second kappa shape index (κ2) is 9.37. The van der Waals surface area contributed by atoms with E-state index in [1.165, 1.54) is 16.2 Å². The first-order valence-corrected chi connectivity index (χ1v) is 14.5. The third kappa shape index (κ3) is 3.75. The summed E-state index contributed by atoms with van der Waals surface area (Å²) in [5, 5.41) is 8.12. The van der Waals surface area contributed by atoms with Crippen molar-refractivity contribution >= 4 is 54.4 Å². The molecule has 7 aromatic carbocycles. The molecule has 9 aromatic rings. The zero-order valence-corrected chi connectivity index (χ0v) is 23.2. The van der Waals surface area contributed by atoms with Crippen molar-refractivity contribution in [1.82, 2.24) is 9.97 Å². The molecular formula is C40H24N2O. The zero-order chi connectivity index (χ0) is 28.3. The highest BCUT2D eigenvalue weighted by molar-refractivity contribution is 6.30. The highest BCUT2D eigenvalue weighted by atomic mass is 16.3. The van der Waals surface area contributed by atoms with Gasteiger partial charge in [-0.1, -0.05) is 121 Å². The smallest absolute Gasteiger partial charge is 0.160 e. The molecule has 0 fully saturated rings. The number of para-hydroxylation sites is 1. The molecule has 0 amide bonds. The molecule has 0 spiro atoms. The Morgan fingerprint density at radius 3 is 1.86 bits per heavy atom. The van der Waals surface area contributed by atoms with Crippen LogP contribution in [0.1, 0.15) is 0 Å². The fraction of sp³-hybridized carbons (Fsp3) is 0. The van der Waals surface area contributed by atoms with Gasteiger partial charge in [-0.3, -0.25) is 0 Å². The summed E-state index contributed by atoms with van der Waals surface area (Å²) in [6.07, 6.45) is 0. The maximum Gasteiger partial charge on any atom is 0.160 e. The standard InChI is InChI=1S/C40H24N2O/c1-2-11-25(12-3-1)38-33-19-8-9-20-35(33)41-40(42-38)28-14-10-13-26(23-28)27-21-22-36-34(24-27)37-31-17-6-4-15-29(31)30-16-5-7-18-32(30)39(37)43-36/h1-24H. The van der Waals surface area contributed by atoms with E-state index in [1.54, 1.807) is 0 Å². The molecule has 0 N–H and O–H groups in total. The quantitative estimate of drug-likeness (QED) is 0.206. The summed E-state index contributed by atoms with van der Waals surface area (Å²) in [5.41, 5.74) is 7.99. The third-order valence-corrected chi connectivity index (χ3v) is 8.45. The predicted octanol–water partition coefficient (Wildman–Crippen LogP) is 10.8. The molecule has 0 aliphatic rings. The molecule has 0 atom stereocenters. The fourth-order valence-electron chi connectivity index (χ4n) is 6.45. The van der Waals surface area contributed by atoms with Gasteiger partial charge >= 0.3 is 0 Å². The van der Waals surface area contributed by atoms with Gasteiger partial charge in [0.15, 0.2) is 5.82 Å². The van der Waals surface area contributed by atoms with Crippen LogP contribution in [0.2, 0.25) is 0 Å². The molecule has 0 bridgehead atoms. The predicted molar refractivity (Wildman–Crippen MR) is 178 cm³/mol. The van der Waals surface area contributed by atoms with Crippen LogP contribution < -0.4 is 0 Å². The first-order valence-electron chi connectivity index (χ1n) is 14.5. The fourth-order valence-corrected chi connectivity index (χ4v) is 6.45. The van der Waals surface area contributed by atoms with Crippen LogP contribution in [0.4, 0.5) is 0 Å². The van der Waals surface area contributed by atoms with Gasteiger partial charge in [-0.15, -0.1) is 0 Å². The van der Waals surface area contributed by atoms with Crippen molar-refractivity contribution in [2.45, 2.75) is 0 Å². The van der Waals surface area contributed by atoms with Gasteiger partial charge in [-0.2, -0.15) is 0 Å². The Labute approximate surface area is 247 Å². The molecule has 3 heteroatoms. The van der Waals surface area contributed by atoms with E-state index in [0.29, 0.717) is 5.82 Å². The zero-order valence-electron chi connectivity index (χ0n) is 23.2. The molecule has 0 aliphatic carbocycles. The molecule has 3 nitrogen and oxygen atoms in total. The lowest BCUT2D eigenvalue weighted by molar-refractivity contribution is 0.673. The first-order chi connectivity index (χ1) is 21.3. The molecule has 2 aromatic heterocycles. The molecule has 43 heavy (non-hydrogen) atoms. The van der Waals surface area contributed by atoms with Crippen LogP contribution in [-0.2, 0) is 0 Å². The third-order valence-electron chi connectivity index (χ3n) is 8.45. The minimum atomic E-state index is 0.715. The van der Waals surface area contributed by atoms with Gasteiger partial charge in [-0.05, 0) is 51.6 Å². The molecule has 2 heterocycles. The van der Waals surface area contributed by atoms with Crippen LogP contribution in [-0.4, -0.2) is 9.97 Å². The lowest BCUT2D eigenvalue weighted by Gasteiger charge is -2.10. The number of nitrogens with zero attached hydrogens (tertiary/aromatic N) is 2. The molecule has 0 radical (unpaired) electrons. The molecule has 0 aliphatic heterocycles. The van der Waals surface area contributed by atoms with Gasteiger partial charge in [0.05, 0.1) is 11.2 Å². The minimum Gasteiger partial charge on any atom is -0.455 e. The Balaban J connectivity index is 1.24. The largest absolute Gasteiger partial charge is 0.455 e.